The molecule has 24 heavy (non-hydrogen) atoms. The Morgan fingerprint density at radius 1 is 1.17 bits per heavy atom. The number of β-amino-alcohol motifs (C(OH)–C–C–N with tert-alkyl or cyclic N) is 1. The highest BCUT2D eigenvalue weighted by Crippen LogP contribution is 2.30. The number of rotatable bonds is 5. The second kappa shape index (κ2) is 7.24. The summed E-state index contributed by atoms with van der Waals surface area (Å²) in [5.41, 5.74) is 0.690. The minimum atomic E-state index is -3.57. The molecule has 0 aliphatic carbocycles. The molecule has 3 rings (SSSR count). The molecular weight excluding hydrogens is 353 g/mol. The van der Waals surface area contributed by atoms with Crippen molar-refractivity contribution < 1.29 is 17.9 Å². The first kappa shape index (κ1) is 17.4. The lowest BCUT2D eigenvalue weighted by molar-refractivity contribution is 0.151. The Labute approximate surface area is 144 Å². The van der Waals surface area contributed by atoms with Gasteiger partial charge in [0.1, 0.15) is 10.8 Å². The summed E-state index contributed by atoms with van der Waals surface area (Å²) in [5, 5.41) is 9.50. The number of piperazine rings is 1. The van der Waals surface area contributed by atoms with Gasteiger partial charge in [0, 0.05) is 38.3 Å². The van der Waals surface area contributed by atoms with E-state index in [0.717, 1.165) is 11.3 Å². The zero-order valence-corrected chi connectivity index (χ0v) is 14.6. The summed E-state index contributed by atoms with van der Waals surface area (Å²) in [7, 11) is -3.57. The molecule has 0 spiro atoms. The summed E-state index contributed by atoms with van der Waals surface area (Å²) in [5.74, 6) is -0.344. The van der Waals surface area contributed by atoms with Crippen LogP contribution in [0.5, 0.6) is 0 Å². The second-order valence-corrected chi connectivity index (χ2v) is 8.66. The van der Waals surface area contributed by atoms with E-state index in [4.69, 9.17) is 5.11 Å². The topological polar surface area (TPSA) is 73.7 Å². The van der Waals surface area contributed by atoms with Gasteiger partial charge in [0.25, 0.3) is 10.0 Å². The Morgan fingerprint density at radius 3 is 2.46 bits per heavy atom. The highest BCUT2D eigenvalue weighted by atomic mass is 32.2. The first-order chi connectivity index (χ1) is 11.5. The number of nitrogens with zero attached hydrogens (tertiary/aromatic N) is 3. The normalized spacial score (nSPS) is 17.2. The lowest BCUT2D eigenvalue weighted by atomic mass is 10.2. The summed E-state index contributed by atoms with van der Waals surface area (Å²) in [4.78, 5) is 6.20. The highest BCUT2D eigenvalue weighted by molar-refractivity contribution is 7.91. The second-order valence-electron chi connectivity index (χ2n) is 5.46. The molecule has 130 valence electrons. The zero-order valence-electron chi connectivity index (χ0n) is 12.9. The Balaban J connectivity index is 1.75. The van der Waals surface area contributed by atoms with Crippen LogP contribution < -0.4 is 0 Å². The molecule has 1 saturated heterocycles. The Kier molecular flexibility index (Phi) is 5.26. The summed E-state index contributed by atoms with van der Waals surface area (Å²) < 4.78 is 40.1. The number of aliphatic hydroxyl groups excluding tert-OH is 1. The van der Waals surface area contributed by atoms with Gasteiger partial charge in [0.15, 0.2) is 4.21 Å². The maximum absolute atomic E-state index is 13.0. The third kappa shape index (κ3) is 3.65. The molecule has 6 nitrogen and oxygen atoms in total. The van der Waals surface area contributed by atoms with Crippen molar-refractivity contribution in [3.8, 4) is 10.6 Å². The third-order valence-electron chi connectivity index (χ3n) is 3.92. The van der Waals surface area contributed by atoms with E-state index < -0.39 is 10.0 Å². The van der Waals surface area contributed by atoms with E-state index in [9.17, 15) is 12.8 Å². The summed E-state index contributed by atoms with van der Waals surface area (Å²) >= 11 is 1.09. The van der Waals surface area contributed by atoms with Gasteiger partial charge in [-0.2, -0.15) is 4.31 Å². The van der Waals surface area contributed by atoms with E-state index in [-0.39, 0.29) is 16.6 Å². The van der Waals surface area contributed by atoms with Gasteiger partial charge in [-0.25, -0.2) is 17.8 Å². The fraction of sp³-hybridized carbons (Fsp3) is 0.400. The predicted octanol–water partition coefficient (Wildman–Crippen LogP) is 1.25. The minimum absolute atomic E-state index is 0.0720. The molecule has 9 heteroatoms. The molecule has 1 fully saturated rings. The van der Waals surface area contributed by atoms with Gasteiger partial charge < -0.3 is 5.11 Å². The van der Waals surface area contributed by atoms with Crippen LogP contribution in [0.15, 0.2) is 34.7 Å². The van der Waals surface area contributed by atoms with Crippen LogP contribution in [0.4, 0.5) is 4.39 Å². The molecule has 0 saturated carbocycles. The van der Waals surface area contributed by atoms with Crippen molar-refractivity contribution in [1.29, 1.82) is 0 Å². The maximum Gasteiger partial charge on any atom is 0.254 e. The van der Waals surface area contributed by atoms with E-state index in [1.54, 1.807) is 12.1 Å². The minimum Gasteiger partial charge on any atom is -0.395 e. The van der Waals surface area contributed by atoms with Crippen LogP contribution in [0, 0.1) is 5.82 Å². The van der Waals surface area contributed by atoms with E-state index in [2.05, 4.69) is 4.98 Å². The molecule has 1 aliphatic rings. The summed E-state index contributed by atoms with van der Waals surface area (Å²) in [6.07, 6.45) is 1.36. The van der Waals surface area contributed by atoms with Crippen LogP contribution in [-0.2, 0) is 10.0 Å². The Bertz CT molecular complexity index is 785. The van der Waals surface area contributed by atoms with E-state index in [1.165, 1.54) is 22.6 Å². The molecule has 0 unspecified atom stereocenters. The standard InChI is InChI=1S/C15H18FN3O3S2/c16-13-3-1-12(2-4-13)15-17-11-14(23-15)24(21,22)19-7-5-18(6-8-19)9-10-20/h1-4,11,20H,5-10H2. The lowest BCUT2D eigenvalue weighted by Crippen LogP contribution is -2.49. The third-order valence-corrected chi connectivity index (χ3v) is 7.30. The smallest absolute Gasteiger partial charge is 0.254 e. The molecule has 0 bridgehead atoms. The van der Waals surface area contributed by atoms with Crippen LogP contribution in [0.25, 0.3) is 10.6 Å². The predicted molar refractivity (Wildman–Crippen MR) is 89.8 cm³/mol. The van der Waals surface area contributed by atoms with Gasteiger partial charge in [-0.3, -0.25) is 4.90 Å². The van der Waals surface area contributed by atoms with Crippen molar-refractivity contribution in [3.63, 3.8) is 0 Å². The summed E-state index contributed by atoms with van der Waals surface area (Å²) in [6.45, 7) is 2.62. The Hall–Kier alpha value is -1.39. The molecule has 0 amide bonds. The average molecular weight is 371 g/mol. The first-order valence-corrected chi connectivity index (χ1v) is 9.81. The van der Waals surface area contributed by atoms with Crippen molar-refractivity contribution in [2.24, 2.45) is 0 Å². The summed E-state index contributed by atoms with van der Waals surface area (Å²) in [6, 6.07) is 5.81. The number of aromatic nitrogens is 1. The van der Waals surface area contributed by atoms with Crippen molar-refractivity contribution in [2.75, 3.05) is 39.3 Å². The molecule has 1 aromatic carbocycles. The zero-order chi connectivity index (χ0) is 17.2. The number of hydrogen-bond donors (Lipinski definition) is 1. The molecular formula is C15H18FN3O3S2. The van der Waals surface area contributed by atoms with Gasteiger partial charge in [-0.05, 0) is 24.3 Å². The number of hydrogen-bond acceptors (Lipinski definition) is 6. The Morgan fingerprint density at radius 2 is 1.83 bits per heavy atom. The number of thiazole rings is 1. The van der Waals surface area contributed by atoms with Crippen molar-refractivity contribution in [1.82, 2.24) is 14.2 Å². The highest BCUT2D eigenvalue weighted by Gasteiger charge is 2.30. The van der Waals surface area contributed by atoms with Gasteiger partial charge in [-0.1, -0.05) is 0 Å². The van der Waals surface area contributed by atoms with Crippen molar-refractivity contribution in [3.05, 3.63) is 36.3 Å². The van der Waals surface area contributed by atoms with Gasteiger partial charge in [0.05, 0.1) is 12.8 Å². The number of benzene rings is 1. The molecule has 2 heterocycles. The lowest BCUT2D eigenvalue weighted by Gasteiger charge is -2.33. The maximum atomic E-state index is 13.0. The van der Waals surface area contributed by atoms with E-state index >= 15 is 0 Å². The number of halogens is 1. The van der Waals surface area contributed by atoms with Crippen molar-refractivity contribution in [2.45, 2.75) is 4.21 Å². The molecule has 1 aliphatic heterocycles. The number of sulfonamides is 1. The van der Waals surface area contributed by atoms with Crippen LogP contribution in [0.2, 0.25) is 0 Å². The first-order valence-electron chi connectivity index (χ1n) is 7.56. The quantitative estimate of drug-likeness (QED) is 0.856. The average Bonchev–Trinajstić information content (AvgIpc) is 3.07. The largest absolute Gasteiger partial charge is 0.395 e. The van der Waals surface area contributed by atoms with Crippen LogP contribution >= 0.6 is 11.3 Å². The molecule has 2 aromatic rings. The molecule has 1 N–H and O–H groups in total. The van der Waals surface area contributed by atoms with Crippen LogP contribution in [0.1, 0.15) is 0 Å². The van der Waals surface area contributed by atoms with Crippen LogP contribution in [-0.4, -0.2) is 67.0 Å². The van der Waals surface area contributed by atoms with E-state index in [1.807, 2.05) is 4.90 Å². The van der Waals surface area contributed by atoms with Crippen molar-refractivity contribution >= 4 is 21.4 Å². The van der Waals surface area contributed by atoms with E-state index in [0.29, 0.717) is 43.3 Å². The fourth-order valence-electron chi connectivity index (χ4n) is 2.57. The van der Waals surface area contributed by atoms with Crippen LogP contribution in [0.3, 0.4) is 0 Å². The molecule has 1 aromatic heterocycles. The van der Waals surface area contributed by atoms with Gasteiger partial charge in [-0.15, -0.1) is 11.3 Å². The molecule has 0 atom stereocenters. The monoisotopic (exact) mass is 371 g/mol. The fourth-order valence-corrected chi connectivity index (χ4v) is 5.28. The SMILES string of the molecule is O=S(=O)(c1cnc(-c2ccc(F)cc2)s1)N1CCN(CCO)CC1. The van der Waals surface area contributed by atoms with Gasteiger partial charge in [0.2, 0.25) is 0 Å². The number of aliphatic hydroxyl groups is 1. The van der Waals surface area contributed by atoms with Gasteiger partial charge >= 0.3 is 0 Å². The molecule has 0 radical (unpaired) electrons.